The lowest BCUT2D eigenvalue weighted by Crippen LogP contribution is -2.32. The number of amides is 2. The number of carbonyl (C=O) groups is 2. The van der Waals surface area contributed by atoms with E-state index in [9.17, 15) is 9.59 Å². The predicted molar refractivity (Wildman–Crippen MR) is 86.6 cm³/mol. The van der Waals surface area contributed by atoms with Crippen molar-refractivity contribution in [3.8, 4) is 0 Å². The molecule has 122 valence electrons. The first kappa shape index (κ1) is 14.0. The lowest BCUT2D eigenvalue weighted by atomic mass is 9.73. The molecule has 2 aliphatic carbocycles. The molecule has 2 bridgehead atoms. The molecule has 24 heavy (non-hydrogen) atoms. The van der Waals surface area contributed by atoms with Crippen LogP contribution >= 0.6 is 0 Å². The third-order valence-corrected chi connectivity index (χ3v) is 6.23. The van der Waals surface area contributed by atoms with Gasteiger partial charge in [-0.3, -0.25) is 14.5 Å². The molecule has 2 saturated carbocycles. The van der Waals surface area contributed by atoms with E-state index in [1.165, 1.54) is 10.5 Å². The second-order valence-corrected chi connectivity index (χ2v) is 7.31. The molecule has 2 heterocycles. The van der Waals surface area contributed by atoms with Crippen LogP contribution in [-0.4, -0.2) is 16.7 Å². The van der Waals surface area contributed by atoms with Crippen LogP contribution in [0.3, 0.4) is 0 Å². The van der Waals surface area contributed by atoms with Crippen LogP contribution in [0.5, 0.6) is 0 Å². The number of benzene rings is 1. The smallest absolute Gasteiger partial charge is 0.233 e. The van der Waals surface area contributed by atoms with Gasteiger partial charge < -0.3 is 4.42 Å². The molecule has 2 amide bonds. The van der Waals surface area contributed by atoms with Gasteiger partial charge in [-0.1, -0.05) is 30.3 Å². The first-order valence-electron chi connectivity index (χ1n) is 8.66. The van der Waals surface area contributed by atoms with Gasteiger partial charge in [0.1, 0.15) is 5.76 Å². The van der Waals surface area contributed by atoms with E-state index in [0.29, 0.717) is 23.5 Å². The molecule has 0 spiro atoms. The van der Waals surface area contributed by atoms with Crippen LogP contribution in [0.25, 0.3) is 0 Å². The normalized spacial score (nSPS) is 34.2. The third-order valence-electron chi connectivity index (χ3n) is 6.23. The SMILES string of the molecule is O=C1[C@@H]2[C@@H]3C[C@H]([C@H]2C(=O)N1Cc1ccco1)[C@H](c1ccccc1)C3. The summed E-state index contributed by atoms with van der Waals surface area (Å²) >= 11 is 0. The lowest BCUT2D eigenvalue weighted by molar-refractivity contribution is -0.141. The maximum atomic E-state index is 13.0. The maximum Gasteiger partial charge on any atom is 0.233 e. The van der Waals surface area contributed by atoms with E-state index < -0.39 is 0 Å². The summed E-state index contributed by atoms with van der Waals surface area (Å²) in [5.41, 5.74) is 1.31. The summed E-state index contributed by atoms with van der Waals surface area (Å²) in [5, 5.41) is 0. The minimum Gasteiger partial charge on any atom is -0.467 e. The van der Waals surface area contributed by atoms with Gasteiger partial charge in [0.05, 0.1) is 24.6 Å². The molecule has 5 rings (SSSR count). The highest BCUT2D eigenvalue weighted by molar-refractivity contribution is 6.06. The third kappa shape index (κ3) is 1.86. The number of carbonyl (C=O) groups excluding carboxylic acids is 2. The van der Waals surface area contributed by atoms with Gasteiger partial charge >= 0.3 is 0 Å². The molecule has 0 radical (unpaired) electrons. The van der Waals surface area contributed by atoms with Crippen molar-refractivity contribution in [2.24, 2.45) is 23.7 Å². The average molecular weight is 321 g/mol. The Balaban J connectivity index is 1.43. The monoisotopic (exact) mass is 321 g/mol. The van der Waals surface area contributed by atoms with Gasteiger partial charge in [0.25, 0.3) is 0 Å². The molecule has 5 atom stereocenters. The van der Waals surface area contributed by atoms with Gasteiger partial charge in [-0.15, -0.1) is 0 Å². The average Bonchev–Trinajstić information content (AvgIpc) is 3.37. The van der Waals surface area contributed by atoms with Crippen molar-refractivity contribution >= 4 is 11.8 Å². The van der Waals surface area contributed by atoms with E-state index in [1.807, 2.05) is 12.1 Å². The first-order chi connectivity index (χ1) is 11.7. The zero-order valence-electron chi connectivity index (χ0n) is 13.3. The number of hydrogen-bond donors (Lipinski definition) is 0. The molecule has 2 aromatic rings. The van der Waals surface area contributed by atoms with Gasteiger partial charge in [0, 0.05) is 0 Å². The zero-order valence-corrected chi connectivity index (χ0v) is 13.3. The minimum atomic E-state index is -0.128. The minimum absolute atomic E-state index is 0.00883. The lowest BCUT2D eigenvalue weighted by Gasteiger charge is -2.28. The van der Waals surface area contributed by atoms with E-state index in [4.69, 9.17) is 4.42 Å². The Morgan fingerprint density at radius 2 is 1.75 bits per heavy atom. The molecule has 3 fully saturated rings. The molecule has 1 aliphatic heterocycles. The Kier molecular flexibility index (Phi) is 2.96. The number of imide groups is 1. The van der Waals surface area contributed by atoms with Crippen LogP contribution in [0, 0.1) is 23.7 Å². The molecule has 1 aromatic carbocycles. The first-order valence-corrected chi connectivity index (χ1v) is 8.66. The molecule has 0 unspecified atom stereocenters. The largest absolute Gasteiger partial charge is 0.467 e. The summed E-state index contributed by atoms with van der Waals surface area (Å²) in [5.74, 6) is 1.54. The molecule has 4 nitrogen and oxygen atoms in total. The van der Waals surface area contributed by atoms with Crippen molar-refractivity contribution in [3.63, 3.8) is 0 Å². The quantitative estimate of drug-likeness (QED) is 0.816. The van der Waals surface area contributed by atoms with Crippen LogP contribution in [-0.2, 0) is 16.1 Å². The van der Waals surface area contributed by atoms with Gasteiger partial charge in [-0.05, 0) is 48.3 Å². The summed E-state index contributed by atoms with van der Waals surface area (Å²) in [4.78, 5) is 27.2. The van der Waals surface area contributed by atoms with Crippen LogP contribution in [0.4, 0.5) is 0 Å². The summed E-state index contributed by atoms with van der Waals surface area (Å²) in [6.07, 6.45) is 3.63. The summed E-state index contributed by atoms with van der Waals surface area (Å²) in [7, 11) is 0. The predicted octanol–water partition coefficient (Wildman–Crippen LogP) is 3.20. The van der Waals surface area contributed by atoms with Gasteiger partial charge in [-0.2, -0.15) is 0 Å². The number of fused-ring (bicyclic) bond motifs is 5. The van der Waals surface area contributed by atoms with E-state index in [0.717, 1.165) is 12.8 Å². The van der Waals surface area contributed by atoms with E-state index in [1.54, 1.807) is 12.3 Å². The van der Waals surface area contributed by atoms with Crippen molar-refractivity contribution in [2.75, 3.05) is 0 Å². The molecule has 1 aromatic heterocycles. The van der Waals surface area contributed by atoms with Gasteiger partial charge in [-0.25, -0.2) is 0 Å². The molecular formula is C20H19NO3. The molecular weight excluding hydrogens is 302 g/mol. The fourth-order valence-electron chi connectivity index (χ4n) is 5.32. The van der Waals surface area contributed by atoms with Crippen molar-refractivity contribution in [3.05, 3.63) is 60.1 Å². The number of likely N-dealkylation sites (tertiary alicyclic amines) is 1. The van der Waals surface area contributed by atoms with Crippen molar-refractivity contribution in [1.82, 2.24) is 4.90 Å². The molecule has 0 N–H and O–H groups in total. The van der Waals surface area contributed by atoms with E-state index in [2.05, 4.69) is 24.3 Å². The standard InChI is InChI=1S/C20H19NO3/c22-19-17-13-9-15(12-5-2-1-3-6-12)16(10-13)18(17)20(23)21(19)11-14-7-4-8-24-14/h1-8,13,15-18H,9-11H2/t13-,15-,16-,17+,18+/m0/s1. The highest BCUT2D eigenvalue weighted by Gasteiger charge is 2.63. The highest BCUT2D eigenvalue weighted by atomic mass is 16.3. The van der Waals surface area contributed by atoms with Crippen molar-refractivity contribution in [2.45, 2.75) is 25.3 Å². The Morgan fingerprint density at radius 1 is 0.958 bits per heavy atom. The van der Waals surface area contributed by atoms with Crippen molar-refractivity contribution in [1.29, 1.82) is 0 Å². The molecule has 1 saturated heterocycles. The Bertz CT molecular complexity index is 782. The fraction of sp³-hybridized carbons (Fsp3) is 0.400. The zero-order chi connectivity index (χ0) is 16.3. The number of nitrogens with zero attached hydrogens (tertiary/aromatic N) is 1. The Hall–Kier alpha value is -2.36. The second kappa shape index (κ2) is 5.07. The fourth-order valence-corrected chi connectivity index (χ4v) is 5.32. The Morgan fingerprint density at radius 3 is 2.50 bits per heavy atom. The second-order valence-electron chi connectivity index (χ2n) is 7.31. The van der Waals surface area contributed by atoms with Gasteiger partial charge in [0.2, 0.25) is 11.8 Å². The van der Waals surface area contributed by atoms with Crippen LogP contribution < -0.4 is 0 Å². The summed E-state index contributed by atoms with van der Waals surface area (Å²) in [6.45, 7) is 0.271. The Labute approximate surface area is 140 Å². The van der Waals surface area contributed by atoms with Crippen LogP contribution in [0.2, 0.25) is 0 Å². The van der Waals surface area contributed by atoms with E-state index >= 15 is 0 Å². The number of rotatable bonds is 3. The number of hydrogen-bond acceptors (Lipinski definition) is 3. The topological polar surface area (TPSA) is 50.5 Å². The maximum absolute atomic E-state index is 13.0. The van der Waals surface area contributed by atoms with Crippen molar-refractivity contribution < 1.29 is 14.0 Å². The molecule has 3 aliphatic rings. The van der Waals surface area contributed by atoms with Gasteiger partial charge in [0.15, 0.2) is 0 Å². The summed E-state index contributed by atoms with van der Waals surface area (Å²) < 4.78 is 5.33. The molecule has 4 heteroatoms. The highest BCUT2D eigenvalue weighted by Crippen LogP contribution is 2.61. The van der Waals surface area contributed by atoms with E-state index in [-0.39, 0.29) is 30.2 Å². The van der Waals surface area contributed by atoms with Crippen LogP contribution in [0.1, 0.15) is 30.1 Å². The number of furan rings is 1. The van der Waals surface area contributed by atoms with Crippen LogP contribution in [0.15, 0.2) is 53.1 Å². The summed E-state index contributed by atoms with van der Waals surface area (Å²) in [6, 6.07) is 14.1.